The van der Waals surface area contributed by atoms with Crippen molar-refractivity contribution < 1.29 is 8.83 Å². The standard InChI is InChI=1S/C45H25N3O2S/c1-2-10-27(11-3-1)43-46-44(48-45(47-43)34-17-9-16-33-31-13-5-7-19-40(31)51-42(33)34)28-22-20-26(21-23-28)29-14-8-15-32-36-25-38-35(24-39(36)50-41(29)32)30-12-4-6-18-37(30)49-38/h1-25H. The van der Waals surface area contributed by atoms with Crippen molar-refractivity contribution in [3.8, 4) is 45.3 Å². The monoisotopic (exact) mass is 671 g/mol. The van der Waals surface area contributed by atoms with Crippen LogP contribution in [-0.2, 0) is 0 Å². The summed E-state index contributed by atoms with van der Waals surface area (Å²) < 4.78 is 15.2. The molecule has 51 heavy (non-hydrogen) atoms. The van der Waals surface area contributed by atoms with Gasteiger partial charge in [0.25, 0.3) is 0 Å². The normalized spacial score (nSPS) is 11.9. The summed E-state index contributed by atoms with van der Waals surface area (Å²) in [6.07, 6.45) is 0. The van der Waals surface area contributed by atoms with Crippen molar-refractivity contribution in [1.29, 1.82) is 0 Å². The molecule has 5 nitrogen and oxygen atoms in total. The van der Waals surface area contributed by atoms with Crippen LogP contribution >= 0.6 is 11.3 Å². The van der Waals surface area contributed by atoms with Crippen molar-refractivity contribution in [3.05, 3.63) is 152 Å². The molecule has 0 aliphatic carbocycles. The Morgan fingerprint density at radius 3 is 1.78 bits per heavy atom. The number of benzene rings is 7. The Hall–Kier alpha value is -6.63. The number of furan rings is 2. The van der Waals surface area contributed by atoms with Crippen molar-refractivity contribution in [3.63, 3.8) is 0 Å². The molecule has 0 fully saturated rings. The van der Waals surface area contributed by atoms with E-state index >= 15 is 0 Å². The number of rotatable bonds is 4. The lowest BCUT2D eigenvalue weighted by Crippen LogP contribution is -2.00. The van der Waals surface area contributed by atoms with Crippen molar-refractivity contribution >= 4 is 75.4 Å². The summed E-state index contributed by atoms with van der Waals surface area (Å²) in [5.74, 6) is 1.93. The van der Waals surface area contributed by atoms with E-state index in [1.54, 1.807) is 11.3 Å². The predicted octanol–water partition coefficient (Wildman–Crippen LogP) is 12.7. The molecule has 0 atom stereocenters. The fourth-order valence-corrected chi connectivity index (χ4v) is 8.52. The lowest BCUT2D eigenvalue weighted by atomic mass is 10.0. The van der Waals surface area contributed by atoms with Gasteiger partial charge in [0.2, 0.25) is 0 Å². The minimum Gasteiger partial charge on any atom is -0.456 e. The van der Waals surface area contributed by atoms with Gasteiger partial charge in [0.1, 0.15) is 22.3 Å². The molecule has 0 N–H and O–H groups in total. The number of hydrogen-bond acceptors (Lipinski definition) is 6. The quantitative estimate of drug-likeness (QED) is 0.186. The van der Waals surface area contributed by atoms with Crippen molar-refractivity contribution in [2.75, 3.05) is 0 Å². The first-order valence-electron chi connectivity index (χ1n) is 16.8. The minimum atomic E-state index is 0.625. The average Bonchev–Trinajstić information content (AvgIpc) is 3.88. The molecule has 0 bridgehead atoms. The molecule has 6 heteroatoms. The van der Waals surface area contributed by atoms with Crippen LogP contribution in [0.4, 0.5) is 0 Å². The van der Waals surface area contributed by atoms with Crippen LogP contribution in [0.3, 0.4) is 0 Å². The van der Waals surface area contributed by atoms with Gasteiger partial charge >= 0.3 is 0 Å². The van der Waals surface area contributed by atoms with Gasteiger partial charge in [-0.15, -0.1) is 11.3 Å². The van der Waals surface area contributed by atoms with Crippen molar-refractivity contribution in [2.45, 2.75) is 0 Å². The van der Waals surface area contributed by atoms with E-state index in [1.807, 2.05) is 48.5 Å². The van der Waals surface area contributed by atoms with Gasteiger partial charge in [0.15, 0.2) is 17.5 Å². The maximum Gasteiger partial charge on any atom is 0.165 e. The van der Waals surface area contributed by atoms with Gasteiger partial charge in [-0.25, -0.2) is 15.0 Å². The number of nitrogens with zero attached hydrogens (tertiary/aromatic N) is 3. The second-order valence-corrected chi connectivity index (χ2v) is 13.8. The van der Waals surface area contributed by atoms with Gasteiger partial charge < -0.3 is 8.83 Å². The first kappa shape index (κ1) is 28.2. The van der Waals surface area contributed by atoms with E-state index in [4.69, 9.17) is 23.8 Å². The fourth-order valence-electron chi connectivity index (χ4n) is 7.31. The molecule has 11 rings (SSSR count). The molecule has 238 valence electrons. The maximum absolute atomic E-state index is 6.59. The second-order valence-electron chi connectivity index (χ2n) is 12.8. The highest BCUT2D eigenvalue weighted by Gasteiger charge is 2.18. The minimum absolute atomic E-state index is 0.625. The van der Waals surface area contributed by atoms with Crippen molar-refractivity contribution in [1.82, 2.24) is 15.0 Å². The van der Waals surface area contributed by atoms with E-state index in [1.165, 1.54) is 20.2 Å². The highest BCUT2D eigenvalue weighted by atomic mass is 32.1. The number of hydrogen-bond donors (Lipinski definition) is 0. The SMILES string of the molecule is c1ccc(-c2nc(-c3ccc(-c4cccc5c4oc4cc6c(cc45)oc4ccccc46)cc3)nc(-c3cccc4c3sc3ccccc34)n2)cc1. The Labute approximate surface area is 295 Å². The summed E-state index contributed by atoms with van der Waals surface area (Å²) in [5, 5.41) is 6.69. The van der Waals surface area contributed by atoms with Crippen LogP contribution < -0.4 is 0 Å². The van der Waals surface area contributed by atoms with Gasteiger partial charge in [-0.1, -0.05) is 121 Å². The number of aromatic nitrogens is 3. The van der Waals surface area contributed by atoms with E-state index in [-0.39, 0.29) is 0 Å². The largest absolute Gasteiger partial charge is 0.456 e. The molecule has 0 aliphatic rings. The molecule has 4 heterocycles. The zero-order valence-electron chi connectivity index (χ0n) is 27.0. The van der Waals surface area contributed by atoms with Crippen LogP contribution in [0.15, 0.2) is 160 Å². The first-order chi connectivity index (χ1) is 25.2. The molecule has 0 spiro atoms. The van der Waals surface area contributed by atoms with Gasteiger partial charge in [0.05, 0.1) is 0 Å². The fraction of sp³-hybridized carbons (Fsp3) is 0. The van der Waals surface area contributed by atoms with Crippen LogP contribution in [0, 0.1) is 0 Å². The second kappa shape index (κ2) is 10.9. The summed E-state index contributed by atoms with van der Waals surface area (Å²) in [4.78, 5) is 15.1. The topological polar surface area (TPSA) is 65.0 Å². The third-order valence-electron chi connectivity index (χ3n) is 9.76. The predicted molar refractivity (Wildman–Crippen MR) is 209 cm³/mol. The third kappa shape index (κ3) is 4.43. The van der Waals surface area contributed by atoms with E-state index in [9.17, 15) is 0 Å². The summed E-state index contributed by atoms with van der Waals surface area (Å²) in [5.41, 5.74) is 8.35. The Morgan fingerprint density at radius 2 is 0.961 bits per heavy atom. The van der Waals surface area contributed by atoms with Crippen molar-refractivity contribution in [2.24, 2.45) is 0 Å². The molecular formula is C45H25N3O2S. The lowest BCUT2D eigenvalue weighted by molar-refractivity contribution is 0.664. The first-order valence-corrected chi connectivity index (χ1v) is 17.7. The third-order valence-corrected chi connectivity index (χ3v) is 11.0. The molecule has 11 aromatic rings. The van der Waals surface area contributed by atoms with E-state index in [0.717, 1.165) is 71.7 Å². The Balaban J connectivity index is 1.04. The molecule has 0 radical (unpaired) electrons. The molecule has 4 aromatic heterocycles. The van der Waals surface area contributed by atoms with Crippen LogP contribution in [0.25, 0.3) is 109 Å². The van der Waals surface area contributed by atoms with Gasteiger partial charge in [-0.3, -0.25) is 0 Å². The Kier molecular flexibility index (Phi) is 6.05. The zero-order chi connectivity index (χ0) is 33.5. The summed E-state index contributed by atoms with van der Waals surface area (Å²) >= 11 is 1.78. The van der Waals surface area contributed by atoms with E-state index < -0.39 is 0 Å². The van der Waals surface area contributed by atoms with E-state index in [0.29, 0.717) is 17.5 Å². The molecule has 7 aromatic carbocycles. The maximum atomic E-state index is 6.59. The number of para-hydroxylation sites is 2. The van der Waals surface area contributed by atoms with Crippen LogP contribution in [0.5, 0.6) is 0 Å². The zero-order valence-corrected chi connectivity index (χ0v) is 27.8. The molecular weight excluding hydrogens is 647 g/mol. The van der Waals surface area contributed by atoms with Crippen LogP contribution in [0.1, 0.15) is 0 Å². The van der Waals surface area contributed by atoms with Gasteiger partial charge in [-0.2, -0.15) is 0 Å². The van der Waals surface area contributed by atoms with Crippen LogP contribution in [0.2, 0.25) is 0 Å². The Morgan fingerprint density at radius 1 is 0.373 bits per heavy atom. The highest BCUT2D eigenvalue weighted by Crippen LogP contribution is 2.41. The van der Waals surface area contributed by atoms with E-state index in [2.05, 4.69) is 103 Å². The molecule has 0 amide bonds. The Bertz CT molecular complexity index is 3140. The molecule has 0 saturated heterocycles. The smallest absolute Gasteiger partial charge is 0.165 e. The van der Waals surface area contributed by atoms with Gasteiger partial charge in [0, 0.05) is 64.0 Å². The number of thiophene rings is 1. The summed E-state index contributed by atoms with van der Waals surface area (Å²) in [7, 11) is 0. The lowest BCUT2D eigenvalue weighted by Gasteiger charge is -2.10. The van der Waals surface area contributed by atoms with Gasteiger partial charge in [-0.05, 0) is 35.9 Å². The summed E-state index contributed by atoms with van der Waals surface area (Å²) in [6.45, 7) is 0. The molecule has 0 saturated carbocycles. The molecule has 0 unspecified atom stereocenters. The average molecular weight is 672 g/mol. The summed E-state index contributed by atoms with van der Waals surface area (Å²) in [6, 6.07) is 52.1. The highest BCUT2D eigenvalue weighted by molar-refractivity contribution is 7.26. The van der Waals surface area contributed by atoms with Crippen LogP contribution in [-0.4, -0.2) is 15.0 Å². The number of fused-ring (bicyclic) bond motifs is 9. The molecule has 0 aliphatic heterocycles.